The standard InChI is InChI=1S/C8H7BrFNO/c9-6-3-5(4-8(11)12)1-2-7(6)10/h1-3H,4H2,(H2,11,12). The number of carbonyl (C=O) groups excluding carboxylic acids is 1. The van der Waals surface area contributed by atoms with Crippen molar-refractivity contribution in [3.8, 4) is 0 Å². The van der Waals surface area contributed by atoms with Crippen molar-refractivity contribution in [3.05, 3.63) is 34.1 Å². The van der Waals surface area contributed by atoms with Crippen LogP contribution in [0.5, 0.6) is 0 Å². The first kappa shape index (κ1) is 9.19. The topological polar surface area (TPSA) is 43.1 Å². The Labute approximate surface area is 77.7 Å². The number of benzene rings is 1. The monoisotopic (exact) mass is 231 g/mol. The highest BCUT2D eigenvalue weighted by Gasteiger charge is 2.02. The number of hydrogen-bond acceptors (Lipinski definition) is 1. The second-order valence-corrected chi connectivity index (χ2v) is 3.25. The van der Waals surface area contributed by atoms with Gasteiger partial charge < -0.3 is 5.73 Å². The molecule has 1 aromatic rings. The minimum Gasteiger partial charge on any atom is -0.369 e. The fourth-order valence-electron chi connectivity index (χ4n) is 0.851. The molecular formula is C8H7BrFNO. The molecule has 0 aliphatic heterocycles. The van der Waals surface area contributed by atoms with E-state index in [-0.39, 0.29) is 12.2 Å². The van der Waals surface area contributed by atoms with Crippen LogP contribution < -0.4 is 5.73 Å². The fourth-order valence-corrected chi connectivity index (χ4v) is 1.28. The summed E-state index contributed by atoms with van der Waals surface area (Å²) in [6, 6.07) is 4.37. The van der Waals surface area contributed by atoms with Gasteiger partial charge in [0.25, 0.3) is 0 Å². The van der Waals surface area contributed by atoms with Gasteiger partial charge in [0.05, 0.1) is 10.9 Å². The third-order valence-corrected chi connectivity index (χ3v) is 1.97. The molecular weight excluding hydrogens is 225 g/mol. The molecule has 1 rings (SSSR count). The van der Waals surface area contributed by atoms with Gasteiger partial charge in [0, 0.05) is 0 Å². The van der Waals surface area contributed by atoms with Crippen molar-refractivity contribution in [1.29, 1.82) is 0 Å². The molecule has 0 heterocycles. The summed E-state index contributed by atoms with van der Waals surface area (Å²) in [5.41, 5.74) is 5.67. The maximum atomic E-state index is 12.7. The molecule has 0 radical (unpaired) electrons. The largest absolute Gasteiger partial charge is 0.369 e. The van der Waals surface area contributed by atoms with Crippen LogP contribution in [-0.4, -0.2) is 5.91 Å². The molecule has 0 aromatic heterocycles. The zero-order valence-corrected chi connectivity index (χ0v) is 7.77. The molecule has 0 fully saturated rings. The molecule has 2 N–H and O–H groups in total. The van der Waals surface area contributed by atoms with Gasteiger partial charge in [-0.05, 0) is 33.6 Å². The van der Waals surface area contributed by atoms with Gasteiger partial charge in [-0.3, -0.25) is 4.79 Å². The van der Waals surface area contributed by atoms with E-state index in [1.807, 2.05) is 0 Å². The Hall–Kier alpha value is -0.900. The summed E-state index contributed by atoms with van der Waals surface area (Å²) in [5.74, 6) is -0.767. The lowest BCUT2D eigenvalue weighted by molar-refractivity contribution is -0.117. The summed E-state index contributed by atoms with van der Waals surface area (Å²) in [7, 11) is 0. The number of carbonyl (C=O) groups is 1. The zero-order chi connectivity index (χ0) is 9.14. The first-order valence-corrected chi connectivity index (χ1v) is 4.11. The van der Waals surface area contributed by atoms with E-state index in [0.29, 0.717) is 10.0 Å². The average Bonchev–Trinajstić information content (AvgIpc) is 1.96. The van der Waals surface area contributed by atoms with Gasteiger partial charge in [-0.25, -0.2) is 4.39 Å². The molecule has 2 nitrogen and oxygen atoms in total. The Balaban J connectivity index is 2.89. The number of primary amides is 1. The van der Waals surface area contributed by atoms with E-state index >= 15 is 0 Å². The first-order chi connectivity index (χ1) is 5.59. The lowest BCUT2D eigenvalue weighted by Crippen LogP contribution is -2.13. The highest BCUT2D eigenvalue weighted by atomic mass is 79.9. The number of nitrogens with two attached hydrogens (primary N) is 1. The minimum atomic E-state index is -0.423. The zero-order valence-electron chi connectivity index (χ0n) is 6.18. The predicted octanol–water partition coefficient (Wildman–Crippen LogP) is 1.62. The SMILES string of the molecule is NC(=O)Cc1ccc(F)c(Br)c1. The van der Waals surface area contributed by atoms with Crippen LogP contribution in [0.2, 0.25) is 0 Å². The van der Waals surface area contributed by atoms with Crippen molar-refractivity contribution in [3.63, 3.8) is 0 Å². The Morgan fingerprint density at radius 2 is 2.25 bits per heavy atom. The Morgan fingerprint density at radius 1 is 1.58 bits per heavy atom. The van der Waals surface area contributed by atoms with Gasteiger partial charge in [-0.2, -0.15) is 0 Å². The third-order valence-electron chi connectivity index (χ3n) is 1.36. The minimum absolute atomic E-state index is 0.138. The Kier molecular flexibility index (Phi) is 2.81. The molecule has 1 amide bonds. The molecule has 0 bridgehead atoms. The van der Waals surface area contributed by atoms with Crippen LogP contribution >= 0.6 is 15.9 Å². The molecule has 12 heavy (non-hydrogen) atoms. The molecule has 0 aliphatic carbocycles. The summed E-state index contributed by atoms with van der Waals surface area (Å²) in [6.07, 6.45) is 0.138. The van der Waals surface area contributed by atoms with E-state index in [1.54, 1.807) is 6.07 Å². The maximum Gasteiger partial charge on any atom is 0.221 e. The highest BCUT2D eigenvalue weighted by Crippen LogP contribution is 2.16. The van der Waals surface area contributed by atoms with Gasteiger partial charge in [0.15, 0.2) is 0 Å². The molecule has 0 saturated heterocycles. The number of rotatable bonds is 2. The quantitative estimate of drug-likeness (QED) is 0.827. The predicted molar refractivity (Wildman–Crippen MR) is 47.0 cm³/mol. The van der Waals surface area contributed by atoms with Crippen molar-refractivity contribution < 1.29 is 9.18 Å². The van der Waals surface area contributed by atoms with Gasteiger partial charge in [0.2, 0.25) is 5.91 Å². The fraction of sp³-hybridized carbons (Fsp3) is 0.125. The van der Waals surface area contributed by atoms with E-state index < -0.39 is 5.91 Å². The molecule has 1 aromatic carbocycles. The van der Waals surface area contributed by atoms with Crippen LogP contribution in [0.15, 0.2) is 22.7 Å². The summed E-state index contributed by atoms with van der Waals surface area (Å²) < 4.78 is 13.0. The van der Waals surface area contributed by atoms with Crippen LogP contribution in [0.4, 0.5) is 4.39 Å². The van der Waals surface area contributed by atoms with E-state index in [4.69, 9.17) is 5.73 Å². The van der Waals surface area contributed by atoms with Gasteiger partial charge in [-0.1, -0.05) is 6.07 Å². The van der Waals surface area contributed by atoms with Crippen LogP contribution in [-0.2, 0) is 11.2 Å². The number of amides is 1. The average molecular weight is 232 g/mol. The van der Waals surface area contributed by atoms with Gasteiger partial charge in [-0.15, -0.1) is 0 Å². The molecule has 0 unspecified atom stereocenters. The maximum absolute atomic E-state index is 12.7. The molecule has 64 valence electrons. The van der Waals surface area contributed by atoms with Crippen LogP contribution in [0.25, 0.3) is 0 Å². The van der Waals surface area contributed by atoms with Crippen molar-refractivity contribution in [2.24, 2.45) is 5.73 Å². The summed E-state index contributed by atoms with van der Waals surface area (Å²) in [4.78, 5) is 10.5. The van der Waals surface area contributed by atoms with Crippen LogP contribution in [0.3, 0.4) is 0 Å². The van der Waals surface area contributed by atoms with Crippen molar-refractivity contribution in [2.75, 3.05) is 0 Å². The number of hydrogen-bond donors (Lipinski definition) is 1. The van der Waals surface area contributed by atoms with Crippen molar-refractivity contribution >= 4 is 21.8 Å². The van der Waals surface area contributed by atoms with Crippen LogP contribution in [0, 0.1) is 5.82 Å². The Bertz CT molecular complexity index is 314. The molecule has 0 saturated carbocycles. The lowest BCUT2D eigenvalue weighted by Gasteiger charge is -1.98. The van der Waals surface area contributed by atoms with Crippen LogP contribution in [0.1, 0.15) is 5.56 Å². The Morgan fingerprint density at radius 3 is 2.75 bits per heavy atom. The van der Waals surface area contributed by atoms with E-state index in [2.05, 4.69) is 15.9 Å². The smallest absolute Gasteiger partial charge is 0.221 e. The first-order valence-electron chi connectivity index (χ1n) is 3.32. The second-order valence-electron chi connectivity index (χ2n) is 2.39. The van der Waals surface area contributed by atoms with Crippen molar-refractivity contribution in [2.45, 2.75) is 6.42 Å². The lowest BCUT2D eigenvalue weighted by atomic mass is 10.1. The number of halogens is 2. The molecule has 0 aliphatic rings. The molecule has 0 spiro atoms. The summed E-state index contributed by atoms with van der Waals surface area (Å²) in [6.45, 7) is 0. The normalized spacial score (nSPS) is 9.83. The summed E-state index contributed by atoms with van der Waals surface area (Å²) in [5, 5.41) is 0. The van der Waals surface area contributed by atoms with Crippen molar-refractivity contribution in [1.82, 2.24) is 0 Å². The highest BCUT2D eigenvalue weighted by molar-refractivity contribution is 9.10. The van der Waals surface area contributed by atoms with Gasteiger partial charge >= 0.3 is 0 Å². The second kappa shape index (κ2) is 3.67. The summed E-state index contributed by atoms with van der Waals surface area (Å²) >= 11 is 3.01. The van der Waals surface area contributed by atoms with E-state index in [0.717, 1.165) is 0 Å². The molecule has 4 heteroatoms. The van der Waals surface area contributed by atoms with E-state index in [9.17, 15) is 9.18 Å². The molecule has 0 atom stereocenters. The van der Waals surface area contributed by atoms with Gasteiger partial charge in [0.1, 0.15) is 5.82 Å². The van der Waals surface area contributed by atoms with E-state index in [1.165, 1.54) is 12.1 Å². The third kappa shape index (κ3) is 2.30.